The van der Waals surface area contributed by atoms with Gasteiger partial charge in [0.2, 0.25) is 3.79 Å². The van der Waals surface area contributed by atoms with Gasteiger partial charge in [-0.15, -0.1) is 0 Å². The van der Waals surface area contributed by atoms with Gasteiger partial charge in [0.15, 0.2) is 0 Å². The highest BCUT2D eigenvalue weighted by atomic mass is 35.6. The topological polar surface area (TPSA) is 0 Å². The number of halogens is 10. The highest BCUT2D eigenvalue weighted by Gasteiger charge is 2.31. The third kappa shape index (κ3) is 3.99. The van der Waals surface area contributed by atoms with Gasteiger partial charge in [0.05, 0.1) is 35.2 Å². The predicted molar refractivity (Wildman–Crippen MR) is 90.4 cm³/mol. The van der Waals surface area contributed by atoms with Crippen LogP contribution in [0.4, 0.5) is 0 Å². The average molecular weight is 463 g/mol. The molecule has 0 nitrogen and oxygen atoms in total. The first-order valence-electron chi connectivity index (χ1n) is 4.14. The van der Waals surface area contributed by atoms with Crippen molar-refractivity contribution in [2.45, 2.75) is 3.79 Å². The molecule has 0 atom stereocenters. The van der Waals surface area contributed by atoms with Crippen molar-refractivity contribution in [3.05, 3.63) is 35.7 Å². The third-order valence-electron chi connectivity index (χ3n) is 1.87. The second kappa shape index (κ2) is 6.96. The maximum Gasteiger partial charge on any atom is 0.227 e. The van der Waals surface area contributed by atoms with E-state index in [1.807, 2.05) is 0 Å². The first-order chi connectivity index (χ1) is 8.50. The van der Waals surface area contributed by atoms with Crippen molar-refractivity contribution < 1.29 is 0 Å². The molecule has 0 saturated heterocycles. The molecule has 1 aromatic rings. The van der Waals surface area contributed by atoms with E-state index in [0.29, 0.717) is 0 Å². The molecule has 1 rings (SSSR count). The van der Waals surface area contributed by atoms with E-state index in [1.54, 1.807) is 0 Å². The molecule has 0 aromatic heterocycles. The van der Waals surface area contributed by atoms with Gasteiger partial charge in [0.25, 0.3) is 0 Å². The summed E-state index contributed by atoms with van der Waals surface area (Å²) < 4.78 is -1.95. The smallest absolute Gasteiger partial charge is 0.0828 e. The van der Waals surface area contributed by atoms with Crippen molar-refractivity contribution in [2.75, 3.05) is 0 Å². The molecule has 19 heavy (non-hydrogen) atoms. The number of benzene rings is 1. The second-order valence-electron chi connectivity index (χ2n) is 3.07. The summed E-state index contributed by atoms with van der Waals surface area (Å²) in [5.41, 5.74) is 0.0284. The van der Waals surface area contributed by atoms with Crippen LogP contribution in [-0.2, 0) is 0 Å². The van der Waals surface area contributed by atoms with Crippen molar-refractivity contribution >= 4 is 121 Å². The predicted octanol–water partition coefficient (Wildman–Crippen LogP) is 8.47. The zero-order valence-corrected chi connectivity index (χ0v) is 15.8. The van der Waals surface area contributed by atoms with Gasteiger partial charge >= 0.3 is 0 Å². The normalized spacial score (nSPS) is 13.6. The number of rotatable bonds is 1. The van der Waals surface area contributed by atoms with Crippen molar-refractivity contribution in [3.8, 4) is 0 Å². The zero-order chi connectivity index (χ0) is 15.1. The van der Waals surface area contributed by atoms with Gasteiger partial charge in [-0.2, -0.15) is 0 Å². The number of alkyl halides is 3. The lowest BCUT2D eigenvalue weighted by Gasteiger charge is -2.16. The number of allylic oxidation sites excluding steroid dienone is 1. The minimum absolute atomic E-state index is 0.0171. The zero-order valence-electron chi connectivity index (χ0n) is 8.28. The standard InChI is InChI=1S/C9Cl10/c10-2-1(4(12)8(16)9(17,18)19)3(11)6(14)7(15)5(2)13. The van der Waals surface area contributed by atoms with E-state index in [0.717, 1.165) is 0 Å². The van der Waals surface area contributed by atoms with Gasteiger partial charge in [0.1, 0.15) is 0 Å². The lowest BCUT2D eigenvalue weighted by atomic mass is 10.2. The molecule has 0 amide bonds. The monoisotopic (exact) mass is 458 g/mol. The molecule has 0 aliphatic rings. The quantitative estimate of drug-likeness (QED) is 0.223. The first kappa shape index (κ1) is 18.9. The van der Waals surface area contributed by atoms with E-state index >= 15 is 0 Å². The maximum atomic E-state index is 6.01. The largest absolute Gasteiger partial charge is 0.227 e. The summed E-state index contributed by atoms with van der Waals surface area (Å²) in [6.07, 6.45) is 0. The van der Waals surface area contributed by atoms with Gasteiger partial charge in [-0.05, 0) is 0 Å². The molecular formula is C9Cl10. The van der Waals surface area contributed by atoms with E-state index in [1.165, 1.54) is 0 Å². The van der Waals surface area contributed by atoms with Crippen LogP contribution in [0, 0.1) is 0 Å². The van der Waals surface area contributed by atoms with Crippen molar-refractivity contribution in [2.24, 2.45) is 0 Å². The molecular weight excluding hydrogens is 463 g/mol. The molecule has 0 fully saturated rings. The van der Waals surface area contributed by atoms with E-state index in [9.17, 15) is 0 Å². The molecule has 0 saturated carbocycles. The second-order valence-corrected chi connectivity index (χ2v) is 8.00. The van der Waals surface area contributed by atoms with E-state index in [4.69, 9.17) is 116 Å². The molecule has 0 heterocycles. The molecule has 0 radical (unpaired) electrons. The number of hydrogen-bond acceptors (Lipinski definition) is 0. The summed E-state index contributed by atoms with van der Waals surface area (Å²) in [7, 11) is 0. The Bertz CT molecular complexity index is 524. The van der Waals surface area contributed by atoms with Gasteiger partial charge in [-0.3, -0.25) is 0 Å². The molecule has 1 aromatic carbocycles. The van der Waals surface area contributed by atoms with Crippen LogP contribution >= 0.6 is 116 Å². The van der Waals surface area contributed by atoms with Gasteiger partial charge in [-0.1, -0.05) is 116 Å². The van der Waals surface area contributed by atoms with Crippen molar-refractivity contribution in [3.63, 3.8) is 0 Å². The van der Waals surface area contributed by atoms with Crippen LogP contribution < -0.4 is 0 Å². The summed E-state index contributed by atoms with van der Waals surface area (Å²) >= 11 is 58.3. The van der Waals surface area contributed by atoms with E-state index < -0.39 is 3.79 Å². The van der Waals surface area contributed by atoms with Gasteiger partial charge in [-0.25, -0.2) is 0 Å². The summed E-state index contributed by atoms with van der Waals surface area (Å²) in [5.74, 6) is 0. The fraction of sp³-hybridized carbons (Fsp3) is 0.111. The SMILES string of the molecule is ClC(=C(Cl)C(Cl)(Cl)Cl)c1c(Cl)c(Cl)c(Cl)c(Cl)c1Cl. The average Bonchev–Trinajstić information content (AvgIpc) is 2.31. The Kier molecular flexibility index (Phi) is 6.93. The summed E-state index contributed by atoms with van der Waals surface area (Å²) in [6.45, 7) is 0. The summed E-state index contributed by atoms with van der Waals surface area (Å²) in [6, 6.07) is 0. The Morgan fingerprint density at radius 3 is 1.26 bits per heavy atom. The Hall–Kier alpha value is 1.86. The van der Waals surface area contributed by atoms with Gasteiger partial charge in [0, 0.05) is 5.56 Å². The Morgan fingerprint density at radius 1 is 0.632 bits per heavy atom. The van der Waals surface area contributed by atoms with Crippen LogP contribution in [0.2, 0.25) is 25.1 Å². The molecule has 0 bridgehead atoms. The maximum absolute atomic E-state index is 6.01. The first-order valence-corrected chi connectivity index (χ1v) is 7.92. The minimum atomic E-state index is -1.95. The molecule has 0 unspecified atom stereocenters. The van der Waals surface area contributed by atoms with E-state index in [-0.39, 0.29) is 40.7 Å². The Labute approximate surface area is 159 Å². The lowest BCUT2D eigenvalue weighted by molar-refractivity contribution is 1.42. The Morgan fingerprint density at radius 2 is 0.947 bits per heavy atom. The van der Waals surface area contributed by atoms with E-state index in [2.05, 4.69) is 0 Å². The molecule has 0 spiro atoms. The fourth-order valence-electron chi connectivity index (χ4n) is 1.03. The highest BCUT2D eigenvalue weighted by Crippen LogP contribution is 2.50. The van der Waals surface area contributed by atoms with Crippen LogP contribution in [0.25, 0.3) is 5.03 Å². The van der Waals surface area contributed by atoms with Crippen LogP contribution in [0.15, 0.2) is 5.03 Å². The fourth-order valence-corrected chi connectivity index (χ4v) is 3.31. The lowest BCUT2D eigenvalue weighted by Crippen LogP contribution is -2.03. The van der Waals surface area contributed by atoms with Gasteiger partial charge < -0.3 is 0 Å². The van der Waals surface area contributed by atoms with Crippen LogP contribution in [0.3, 0.4) is 0 Å². The Balaban J connectivity index is 3.71. The summed E-state index contributed by atoms with van der Waals surface area (Å²) in [4.78, 5) is 0. The van der Waals surface area contributed by atoms with Crippen LogP contribution in [0.5, 0.6) is 0 Å². The molecule has 10 heteroatoms. The van der Waals surface area contributed by atoms with Crippen LogP contribution in [-0.4, -0.2) is 3.79 Å². The summed E-state index contributed by atoms with van der Waals surface area (Å²) in [5, 5.41) is -0.720. The minimum Gasteiger partial charge on any atom is -0.0828 e. The van der Waals surface area contributed by atoms with Crippen LogP contribution in [0.1, 0.15) is 5.56 Å². The third-order valence-corrected chi connectivity index (χ3v) is 5.95. The number of hydrogen-bond donors (Lipinski definition) is 0. The molecule has 106 valence electrons. The highest BCUT2D eigenvalue weighted by molar-refractivity contribution is 6.75. The van der Waals surface area contributed by atoms with Crippen molar-refractivity contribution in [1.29, 1.82) is 0 Å². The van der Waals surface area contributed by atoms with Crippen molar-refractivity contribution in [1.82, 2.24) is 0 Å². The molecule has 0 aliphatic carbocycles. The molecule has 0 N–H and O–H groups in total. The molecule has 0 aliphatic heterocycles.